The second kappa shape index (κ2) is 10.9. The van der Waals surface area contributed by atoms with E-state index in [1.54, 1.807) is 7.11 Å². The van der Waals surface area contributed by atoms with Gasteiger partial charge in [0.2, 0.25) is 5.88 Å². The third kappa shape index (κ3) is 5.00. The van der Waals surface area contributed by atoms with Gasteiger partial charge in [-0.05, 0) is 55.9 Å². The number of rotatable bonds is 9. The second-order valence-corrected chi connectivity index (χ2v) is 9.06. The summed E-state index contributed by atoms with van der Waals surface area (Å²) in [7, 11) is 1.70. The molecule has 0 fully saturated rings. The molecule has 0 bridgehead atoms. The maximum Gasteiger partial charge on any atom is 0.235 e. The molecule has 3 aromatic rings. The van der Waals surface area contributed by atoms with Crippen LogP contribution in [-0.2, 0) is 22.5 Å². The first-order chi connectivity index (χ1) is 17.0. The third-order valence-electron chi connectivity index (χ3n) is 6.72. The van der Waals surface area contributed by atoms with E-state index in [0.29, 0.717) is 6.61 Å². The molecule has 0 aliphatic carbocycles. The van der Waals surface area contributed by atoms with Gasteiger partial charge in [-0.25, -0.2) is 0 Å². The van der Waals surface area contributed by atoms with Crippen molar-refractivity contribution in [2.24, 2.45) is 0 Å². The quantitative estimate of drug-likeness (QED) is 0.323. The number of allylic oxidation sites excluding steroid dienone is 2. The predicted octanol–water partition coefficient (Wildman–Crippen LogP) is 7.49. The fourth-order valence-electron chi connectivity index (χ4n) is 4.72. The Morgan fingerprint density at radius 3 is 2.46 bits per heavy atom. The lowest BCUT2D eigenvalue weighted by Gasteiger charge is -2.36. The van der Waals surface area contributed by atoms with E-state index in [0.717, 1.165) is 59.2 Å². The Morgan fingerprint density at radius 1 is 1.06 bits per heavy atom. The highest BCUT2D eigenvalue weighted by molar-refractivity contribution is 5.67. The van der Waals surface area contributed by atoms with Crippen molar-refractivity contribution < 1.29 is 14.0 Å². The van der Waals surface area contributed by atoms with Gasteiger partial charge in [0.25, 0.3) is 0 Å². The van der Waals surface area contributed by atoms with Gasteiger partial charge in [0.05, 0.1) is 18.8 Å². The van der Waals surface area contributed by atoms with Crippen LogP contribution >= 0.6 is 0 Å². The summed E-state index contributed by atoms with van der Waals surface area (Å²) >= 11 is 0. The zero-order chi connectivity index (χ0) is 24.9. The van der Waals surface area contributed by atoms with Crippen LogP contribution in [0.15, 0.2) is 76.3 Å². The van der Waals surface area contributed by atoms with Crippen LogP contribution in [0.1, 0.15) is 56.0 Å². The maximum atomic E-state index is 6.39. The molecule has 1 atom stereocenters. The van der Waals surface area contributed by atoms with Crippen LogP contribution in [0.25, 0.3) is 11.1 Å². The van der Waals surface area contributed by atoms with Gasteiger partial charge < -0.3 is 18.9 Å². The Balaban J connectivity index is 1.61. The predicted molar refractivity (Wildman–Crippen MR) is 141 cm³/mol. The number of nitrogens with zero attached hydrogens (tertiary/aromatic N) is 2. The molecule has 0 radical (unpaired) electrons. The summed E-state index contributed by atoms with van der Waals surface area (Å²) < 4.78 is 18.0. The molecule has 2 aromatic carbocycles. The van der Waals surface area contributed by atoms with Crippen LogP contribution in [0.4, 0.5) is 5.88 Å². The number of hydrogen-bond donors (Lipinski definition) is 0. The first-order valence-electron chi connectivity index (χ1n) is 12.5. The van der Waals surface area contributed by atoms with E-state index in [1.165, 1.54) is 16.7 Å². The van der Waals surface area contributed by atoms with Gasteiger partial charge in [0, 0.05) is 17.3 Å². The Bertz CT molecular complexity index is 1220. The molecule has 0 N–H and O–H groups in total. The zero-order valence-corrected chi connectivity index (χ0v) is 21.7. The molecule has 1 aliphatic rings. The summed E-state index contributed by atoms with van der Waals surface area (Å²) in [6, 6.07) is 17.1. The van der Waals surface area contributed by atoms with Crippen molar-refractivity contribution in [3.63, 3.8) is 0 Å². The summed E-state index contributed by atoms with van der Waals surface area (Å²) in [6.45, 7) is 11.0. The van der Waals surface area contributed by atoms with Crippen LogP contribution < -0.4 is 4.90 Å². The van der Waals surface area contributed by atoms with Gasteiger partial charge in [-0.1, -0.05) is 74.0 Å². The van der Waals surface area contributed by atoms with Gasteiger partial charge in [-0.3, -0.25) is 0 Å². The number of ether oxygens (including phenoxy) is 2. The van der Waals surface area contributed by atoms with E-state index in [9.17, 15) is 0 Å². The first-order valence-corrected chi connectivity index (χ1v) is 12.5. The van der Waals surface area contributed by atoms with Crippen molar-refractivity contribution in [3.8, 4) is 11.1 Å². The number of anilines is 1. The molecule has 1 unspecified atom stereocenters. The lowest BCUT2D eigenvalue weighted by Crippen LogP contribution is -2.38. The van der Waals surface area contributed by atoms with Gasteiger partial charge in [0.1, 0.15) is 6.61 Å². The van der Waals surface area contributed by atoms with Gasteiger partial charge in [-0.15, -0.1) is 0 Å². The SMILES string of the molecule is CCCC1=CC(OCc2ccc(-c3ccccc3)c(CC)c2)=C(OC)C(C)N1c1onc(C)c1C. The average molecular weight is 473 g/mol. The van der Waals surface area contributed by atoms with Crippen LogP contribution in [0.2, 0.25) is 0 Å². The summed E-state index contributed by atoms with van der Waals surface area (Å²) in [5, 5.41) is 4.18. The highest BCUT2D eigenvalue weighted by Gasteiger charge is 2.33. The monoisotopic (exact) mass is 472 g/mol. The number of aryl methyl sites for hydroxylation is 2. The highest BCUT2D eigenvalue weighted by Crippen LogP contribution is 2.37. The number of aromatic nitrogens is 1. The van der Waals surface area contributed by atoms with Crippen LogP contribution in [0.5, 0.6) is 0 Å². The van der Waals surface area contributed by atoms with E-state index in [4.69, 9.17) is 14.0 Å². The van der Waals surface area contributed by atoms with E-state index in [1.807, 2.05) is 13.8 Å². The fraction of sp³-hybridized carbons (Fsp3) is 0.367. The van der Waals surface area contributed by atoms with Crippen LogP contribution in [0, 0.1) is 13.8 Å². The van der Waals surface area contributed by atoms with Crippen LogP contribution in [0.3, 0.4) is 0 Å². The first kappa shape index (κ1) is 24.6. The molecule has 184 valence electrons. The van der Waals surface area contributed by atoms with Gasteiger partial charge in [-0.2, -0.15) is 0 Å². The number of methoxy groups -OCH3 is 1. The Labute approximate surface area is 209 Å². The fourth-order valence-corrected chi connectivity index (χ4v) is 4.72. The Morgan fingerprint density at radius 2 is 1.83 bits per heavy atom. The standard InChI is InChI=1S/C30H36N2O3/c1-7-12-26-18-28(29(33-6)22(5)32(26)30-20(3)21(4)31-35-30)34-19-23-15-16-27(24(8-2)17-23)25-13-10-9-11-14-25/h9-11,13-18,22H,7-8,12,19H2,1-6H3. The molecule has 2 heterocycles. The van der Waals surface area contributed by atoms with E-state index < -0.39 is 0 Å². The Hall–Kier alpha value is -3.47. The van der Waals surface area contributed by atoms with Crippen molar-refractivity contribution >= 4 is 5.88 Å². The summed E-state index contributed by atoms with van der Waals surface area (Å²) in [5.41, 5.74) is 8.07. The average Bonchev–Trinajstić information content (AvgIpc) is 3.21. The molecule has 1 aliphatic heterocycles. The minimum Gasteiger partial charge on any atom is -0.495 e. The lowest BCUT2D eigenvalue weighted by molar-refractivity contribution is 0.164. The van der Waals surface area contributed by atoms with Crippen molar-refractivity contribution in [1.82, 2.24) is 5.16 Å². The topological polar surface area (TPSA) is 47.7 Å². The molecule has 0 saturated carbocycles. The molecule has 0 spiro atoms. The normalized spacial score (nSPS) is 15.9. The molecule has 5 heteroatoms. The van der Waals surface area contributed by atoms with E-state index >= 15 is 0 Å². The van der Waals surface area contributed by atoms with Gasteiger partial charge in [0.15, 0.2) is 11.5 Å². The molecule has 1 aromatic heterocycles. The molecule has 4 rings (SSSR count). The second-order valence-electron chi connectivity index (χ2n) is 9.06. The number of hydrogen-bond acceptors (Lipinski definition) is 5. The maximum absolute atomic E-state index is 6.39. The minimum absolute atomic E-state index is 0.0701. The Kier molecular flexibility index (Phi) is 7.64. The zero-order valence-electron chi connectivity index (χ0n) is 21.7. The van der Waals surface area contributed by atoms with Crippen molar-refractivity contribution in [1.29, 1.82) is 0 Å². The molecule has 5 nitrogen and oxygen atoms in total. The molecule has 0 saturated heterocycles. The molecule has 35 heavy (non-hydrogen) atoms. The molecular formula is C30H36N2O3. The van der Waals surface area contributed by atoms with E-state index in [-0.39, 0.29) is 6.04 Å². The highest BCUT2D eigenvalue weighted by atomic mass is 16.5. The van der Waals surface area contributed by atoms with Crippen LogP contribution in [-0.4, -0.2) is 18.3 Å². The van der Waals surface area contributed by atoms with Gasteiger partial charge >= 0.3 is 0 Å². The minimum atomic E-state index is -0.0701. The number of benzene rings is 2. The lowest BCUT2D eigenvalue weighted by atomic mass is 9.96. The summed E-state index contributed by atoms with van der Waals surface area (Å²) in [4.78, 5) is 2.19. The van der Waals surface area contributed by atoms with Crippen molar-refractivity contribution in [2.75, 3.05) is 12.0 Å². The van der Waals surface area contributed by atoms with Crippen molar-refractivity contribution in [3.05, 3.63) is 94.2 Å². The van der Waals surface area contributed by atoms with E-state index in [2.05, 4.69) is 85.4 Å². The molecule has 0 amide bonds. The third-order valence-corrected chi connectivity index (χ3v) is 6.72. The van der Waals surface area contributed by atoms with Crippen molar-refractivity contribution in [2.45, 2.75) is 66.5 Å². The smallest absolute Gasteiger partial charge is 0.235 e. The summed E-state index contributed by atoms with van der Waals surface area (Å²) in [5.74, 6) is 2.33. The largest absolute Gasteiger partial charge is 0.495 e. The summed E-state index contributed by atoms with van der Waals surface area (Å²) in [6.07, 6.45) is 4.97. The molecular weight excluding hydrogens is 436 g/mol.